The molecule has 0 aromatic carbocycles. The minimum absolute atomic E-state index is 0.0547. The first-order valence-corrected chi connectivity index (χ1v) is 7.21. The molecule has 8 heteroatoms. The summed E-state index contributed by atoms with van der Waals surface area (Å²) < 4.78 is 0. The second-order valence-corrected chi connectivity index (χ2v) is 5.70. The highest BCUT2D eigenvalue weighted by Gasteiger charge is 2.38. The fourth-order valence-corrected chi connectivity index (χ4v) is 2.94. The number of aliphatic hydroxyl groups is 1. The van der Waals surface area contributed by atoms with Crippen LogP contribution in [0.25, 0.3) is 0 Å². The summed E-state index contributed by atoms with van der Waals surface area (Å²) >= 11 is 1.53. The largest absolute Gasteiger partial charge is 0.480 e. The van der Waals surface area contributed by atoms with Crippen LogP contribution in [0.15, 0.2) is 5.38 Å². The number of β-amino-alcohol motifs (C(OH)–C–C–N with tert-alkyl or cyclic N) is 1. The van der Waals surface area contributed by atoms with Crippen molar-refractivity contribution in [3.8, 4) is 0 Å². The Morgan fingerprint density at radius 1 is 1.60 bits per heavy atom. The lowest BCUT2D eigenvalue weighted by atomic mass is 10.2. The number of carboxylic acid groups (broad SMARTS) is 1. The highest BCUT2D eigenvalue weighted by molar-refractivity contribution is 7.09. The number of carbonyl (C=O) groups is 2. The Labute approximate surface area is 120 Å². The van der Waals surface area contributed by atoms with Crippen molar-refractivity contribution >= 4 is 23.3 Å². The molecule has 1 fully saturated rings. The molecule has 110 valence electrons. The number of hydrogen-bond acceptors (Lipinski definition) is 5. The quantitative estimate of drug-likeness (QED) is 0.738. The van der Waals surface area contributed by atoms with Crippen molar-refractivity contribution in [3.63, 3.8) is 0 Å². The number of aromatic nitrogens is 1. The first-order valence-electron chi connectivity index (χ1n) is 6.33. The summed E-state index contributed by atoms with van der Waals surface area (Å²) in [7, 11) is 0. The molecule has 0 aliphatic carbocycles. The highest BCUT2D eigenvalue weighted by atomic mass is 32.1. The number of aryl methyl sites for hydroxylation is 1. The average molecular weight is 299 g/mol. The molecule has 0 radical (unpaired) electrons. The zero-order valence-electron chi connectivity index (χ0n) is 11.1. The van der Waals surface area contributed by atoms with E-state index in [1.807, 2.05) is 12.3 Å². The van der Waals surface area contributed by atoms with Crippen molar-refractivity contribution in [1.29, 1.82) is 0 Å². The van der Waals surface area contributed by atoms with Crippen LogP contribution in [0.2, 0.25) is 0 Å². The van der Waals surface area contributed by atoms with E-state index in [0.717, 1.165) is 10.7 Å². The van der Waals surface area contributed by atoms with E-state index in [1.54, 1.807) is 0 Å². The number of urea groups is 1. The molecule has 3 N–H and O–H groups in total. The van der Waals surface area contributed by atoms with Gasteiger partial charge in [-0.2, -0.15) is 0 Å². The van der Waals surface area contributed by atoms with Gasteiger partial charge in [0.15, 0.2) is 0 Å². The van der Waals surface area contributed by atoms with E-state index in [9.17, 15) is 14.7 Å². The Morgan fingerprint density at radius 3 is 2.95 bits per heavy atom. The van der Waals surface area contributed by atoms with Gasteiger partial charge in [-0.05, 0) is 6.92 Å². The van der Waals surface area contributed by atoms with E-state index in [-0.39, 0.29) is 13.0 Å². The van der Waals surface area contributed by atoms with E-state index >= 15 is 0 Å². The lowest BCUT2D eigenvalue weighted by molar-refractivity contribution is -0.141. The molecule has 1 aromatic rings. The molecule has 20 heavy (non-hydrogen) atoms. The van der Waals surface area contributed by atoms with Gasteiger partial charge in [0.2, 0.25) is 0 Å². The number of nitrogens with zero attached hydrogens (tertiary/aromatic N) is 2. The number of carboxylic acids is 1. The van der Waals surface area contributed by atoms with E-state index < -0.39 is 24.1 Å². The number of likely N-dealkylation sites (tertiary alicyclic amines) is 1. The van der Waals surface area contributed by atoms with Crippen LogP contribution < -0.4 is 5.32 Å². The van der Waals surface area contributed by atoms with Crippen molar-refractivity contribution in [3.05, 3.63) is 16.1 Å². The first kappa shape index (κ1) is 14.7. The third-order valence-electron chi connectivity index (χ3n) is 3.11. The normalized spacial score (nSPS) is 22.0. The SMILES string of the molecule is Cc1csc(CCNC(=O)N2C[C@H](O)C[C@@H]2C(=O)O)n1. The lowest BCUT2D eigenvalue weighted by Crippen LogP contribution is -2.46. The molecule has 1 aliphatic rings. The molecule has 0 unspecified atom stereocenters. The fraction of sp³-hybridized carbons (Fsp3) is 0.583. The van der Waals surface area contributed by atoms with Gasteiger partial charge >= 0.3 is 12.0 Å². The number of amides is 2. The molecule has 0 spiro atoms. The van der Waals surface area contributed by atoms with Crippen LogP contribution in [-0.4, -0.2) is 57.3 Å². The summed E-state index contributed by atoms with van der Waals surface area (Å²) in [6.45, 7) is 2.35. The number of nitrogens with one attached hydrogen (secondary N) is 1. The smallest absolute Gasteiger partial charge is 0.326 e. The monoisotopic (exact) mass is 299 g/mol. The zero-order valence-corrected chi connectivity index (χ0v) is 11.9. The van der Waals surface area contributed by atoms with Gasteiger partial charge in [0.1, 0.15) is 6.04 Å². The van der Waals surface area contributed by atoms with Crippen LogP contribution >= 0.6 is 11.3 Å². The van der Waals surface area contributed by atoms with Crippen molar-refractivity contribution in [1.82, 2.24) is 15.2 Å². The van der Waals surface area contributed by atoms with Crippen LogP contribution in [0, 0.1) is 6.92 Å². The summed E-state index contributed by atoms with van der Waals surface area (Å²) in [4.78, 5) is 28.4. The van der Waals surface area contributed by atoms with Crippen LogP contribution in [0.4, 0.5) is 4.79 Å². The van der Waals surface area contributed by atoms with E-state index in [4.69, 9.17) is 5.11 Å². The second kappa shape index (κ2) is 6.19. The fourth-order valence-electron chi connectivity index (χ4n) is 2.17. The maximum atomic E-state index is 11.9. The molecule has 0 bridgehead atoms. The Kier molecular flexibility index (Phi) is 4.56. The Morgan fingerprint density at radius 2 is 2.35 bits per heavy atom. The van der Waals surface area contributed by atoms with Crippen molar-refractivity contribution in [2.24, 2.45) is 0 Å². The summed E-state index contributed by atoms with van der Waals surface area (Å²) in [5.41, 5.74) is 0.949. The molecule has 1 aromatic heterocycles. The number of aliphatic carboxylic acids is 1. The number of carbonyl (C=O) groups excluding carboxylic acids is 1. The second-order valence-electron chi connectivity index (χ2n) is 4.76. The van der Waals surface area contributed by atoms with Gasteiger partial charge in [-0.3, -0.25) is 0 Å². The molecule has 2 heterocycles. The van der Waals surface area contributed by atoms with Gasteiger partial charge < -0.3 is 20.4 Å². The zero-order chi connectivity index (χ0) is 14.7. The molecule has 7 nitrogen and oxygen atoms in total. The highest BCUT2D eigenvalue weighted by Crippen LogP contribution is 2.18. The van der Waals surface area contributed by atoms with Gasteiger partial charge in [0.05, 0.1) is 11.1 Å². The van der Waals surface area contributed by atoms with Gasteiger partial charge in [-0.15, -0.1) is 11.3 Å². The molecule has 1 aliphatic heterocycles. The summed E-state index contributed by atoms with van der Waals surface area (Å²) in [5.74, 6) is -1.09. The molecular weight excluding hydrogens is 282 g/mol. The van der Waals surface area contributed by atoms with Crippen LogP contribution in [0.1, 0.15) is 17.1 Å². The number of rotatable bonds is 4. The predicted molar refractivity (Wildman–Crippen MR) is 72.7 cm³/mol. The maximum Gasteiger partial charge on any atom is 0.326 e. The number of aliphatic hydroxyl groups excluding tert-OH is 1. The average Bonchev–Trinajstić information content (AvgIpc) is 2.95. The van der Waals surface area contributed by atoms with Crippen molar-refractivity contribution < 1.29 is 19.8 Å². The summed E-state index contributed by atoms with van der Waals surface area (Å²) in [5, 5.41) is 24.0. The van der Waals surface area contributed by atoms with E-state index in [2.05, 4.69) is 10.3 Å². The van der Waals surface area contributed by atoms with E-state index in [1.165, 1.54) is 16.2 Å². The third kappa shape index (κ3) is 3.45. The number of thiazole rings is 1. The predicted octanol–water partition coefficient (Wildman–Crippen LogP) is 0.223. The summed E-state index contributed by atoms with van der Waals surface area (Å²) in [6, 6.07) is -1.41. The van der Waals surface area contributed by atoms with Gasteiger partial charge in [0, 0.05) is 37.0 Å². The Hall–Kier alpha value is -1.67. The standard InChI is InChI=1S/C12H17N3O4S/c1-7-6-20-10(14-7)2-3-13-12(19)15-5-8(16)4-9(15)11(17)18/h6,8-9,16H,2-5H2,1H3,(H,13,19)(H,17,18)/t8-,9-/m1/s1. The molecule has 1 saturated heterocycles. The topological polar surface area (TPSA) is 103 Å². The third-order valence-corrected chi connectivity index (χ3v) is 4.13. The number of hydrogen-bond donors (Lipinski definition) is 3. The maximum absolute atomic E-state index is 11.9. The van der Waals surface area contributed by atoms with Gasteiger partial charge in [-0.25, -0.2) is 14.6 Å². The first-order chi connectivity index (χ1) is 9.47. The van der Waals surface area contributed by atoms with Gasteiger partial charge in [-0.1, -0.05) is 0 Å². The molecule has 2 amide bonds. The summed E-state index contributed by atoms with van der Waals surface area (Å²) in [6.07, 6.45) is -0.0873. The Balaban J connectivity index is 1.83. The molecular formula is C12H17N3O4S. The lowest BCUT2D eigenvalue weighted by Gasteiger charge is -2.21. The van der Waals surface area contributed by atoms with Crippen LogP contribution in [-0.2, 0) is 11.2 Å². The van der Waals surface area contributed by atoms with Crippen LogP contribution in [0.3, 0.4) is 0 Å². The molecule has 0 saturated carbocycles. The Bertz CT molecular complexity index is 505. The minimum Gasteiger partial charge on any atom is -0.480 e. The van der Waals surface area contributed by atoms with Crippen molar-refractivity contribution in [2.75, 3.05) is 13.1 Å². The molecule has 2 atom stereocenters. The van der Waals surface area contributed by atoms with Crippen molar-refractivity contribution in [2.45, 2.75) is 31.9 Å². The molecule has 2 rings (SSSR count). The van der Waals surface area contributed by atoms with E-state index in [0.29, 0.717) is 13.0 Å². The van der Waals surface area contributed by atoms with Gasteiger partial charge in [0.25, 0.3) is 0 Å². The van der Waals surface area contributed by atoms with Crippen LogP contribution in [0.5, 0.6) is 0 Å². The minimum atomic E-state index is -1.09.